The molecule has 23 heavy (non-hydrogen) atoms. The summed E-state index contributed by atoms with van der Waals surface area (Å²) in [5.41, 5.74) is 7.15. The van der Waals surface area contributed by atoms with E-state index in [1.165, 1.54) is 12.1 Å². The number of benzene rings is 2. The number of nitrogens with two attached hydrogens (primary N) is 1. The molecule has 0 saturated heterocycles. The molecule has 0 unspecified atom stereocenters. The fourth-order valence-corrected chi connectivity index (χ4v) is 1.93. The number of hydrogen-bond acceptors (Lipinski definition) is 4. The van der Waals surface area contributed by atoms with Gasteiger partial charge in [-0.1, -0.05) is 18.2 Å². The molecule has 0 aliphatic heterocycles. The average Bonchev–Trinajstić information content (AvgIpc) is 2.53. The second-order valence-corrected chi connectivity index (χ2v) is 4.88. The van der Waals surface area contributed by atoms with Crippen LogP contribution in [0.25, 0.3) is 0 Å². The van der Waals surface area contributed by atoms with Gasteiger partial charge in [0.2, 0.25) is 5.91 Å². The maximum Gasteiger partial charge on any atom is 0.338 e. The highest BCUT2D eigenvalue weighted by molar-refractivity contribution is 5.97. The lowest BCUT2D eigenvalue weighted by molar-refractivity contribution is -0.119. The summed E-state index contributed by atoms with van der Waals surface area (Å²) >= 11 is 0. The van der Waals surface area contributed by atoms with Crippen LogP contribution in [0.15, 0.2) is 48.5 Å². The molecule has 0 spiro atoms. The van der Waals surface area contributed by atoms with E-state index in [4.69, 9.17) is 10.5 Å². The Labute approximate surface area is 133 Å². The molecule has 2 amide bonds. The van der Waals surface area contributed by atoms with Crippen molar-refractivity contribution in [2.45, 2.75) is 6.92 Å². The number of carbonyl (C=O) groups is 3. The van der Waals surface area contributed by atoms with Crippen molar-refractivity contribution in [3.8, 4) is 0 Å². The van der Waals surface area contributed by atoms with Gasteiger partial charge in [-0.3, -0.25) is 9.59 Å². The zero-order valence-electron chi connectivity index (χ0n) is 12.5. The summed E-state index contributed by atoms with van der Waals surface area (Å²) < 4.78 is 4.98. The van der Waals surface area contributed by atoms with Gasteiger partial charge in [-0.05, 0) is 42.8 Å². The number of amides is 2. The van der Waals surface area contributed by atoms with E-state index in [0.717, 1.165) is 5.56 Å². The molecule has 6 nitrogen and oxygen atoms in total. The van der Waals surface area contributed by atoms with E-state index in [0.29, 0.717) is 16.8 Å². The third-order valence-corrected chi connectivity index (χ3v) is 3.15. The van der Waals surface area contributed by atoms with Crippen LogP contribution in [0, 0.1) is 6.92 Å². The van der Waals surface area contributed by atoms with Crippen LogP contribution in [-0.2, 0) is 9.53 Å². The number of primary amides is 1. The van der Waals surface area contributed by atoms with Crippen LogP contribution in [0.2, 0.25) is 0 Å². The topological polar surface area (TPSA) is 98.5 Å². The number of nitrogens with one attached hydrogen (secondary N) is 1. The Kier molecular flexibility index (Phi) is 5.09. The molecular weight excluding hydrogens is 296 g/mol. The van der Waals surface area contributed by atoms with Gasteiger partial charge in [0.25, 0.3) is 5.91 Å². The lowest BCUT2D eigenvalue weighted by Crippen LogP contribution is -2.21. The summed E-state index contributed by atoms with van der Waals surface area (Å²) in [6.07, 6.45) is 0. The third-order valence-electron chi connectivity index (χ3n) is 3.15. The first-order chi connectivity index (χ1) is 11.0. The van der Waals surface area contributed by atoms with Crippen LogP contribution < -0.4 is 11.1 Å². The monoisotopic (exact) mass is 312 g/mol. The van der Waals surface area contributed by atoms with E-state index in [9.17, 15) is 14.4 Å². The summed E-state index contributed by atoms with van der Waals surface area (Å²) in [6.45, 7) is 1.39. The first-order valence-electron chi connectivity index (χ1n) is 6.90. The highest BCUT2D eigenvalue weighted by Gasteiger charge is 2.12. The van der Waals surface area contributed by atoms with Gasteiger partial charge in [-0.15, -0.1) is 0 Å². The van der Waals surface area contributed by atoms with Gasteiger partial charge in [0.15, 0.2) is 6.61 Å². The molecule has 3 N–H and O–H groups in total. The molecule has 0 heterocycles. The lowest BCUT2D eigenvalue weighted by atomic mass is 10.1. The predicted molar refractivity (Wildman–Crippen MR) is 85.1 cm³/mol. The number of esters is 1. The highest BCUT2D eigenvalue weighted by atomic mass is 16.5. The minimum Gasteiger partial charge on any atom is -0.452 e. The van der Waals surface area contributed by atoms with Crippen LogP contribution in [0.4, 0.5) is 5.69 Å². The van der Waals surface area contributed by atoms with Crippen molar-refractivity contribution in [1.29, 1.82) is 0 Å². The van der Waals surface area contributed by atoms with Crippen molar-refractivity contribution >= 4 is 23.5 Å². The zero-order valence-corrected chi connectivity index (χ0v) is 12.5. The van der Waals surface area contributed by atoms with Crippen molar-refractivity contribution in [3.05, 3.63) is 65.2 Å². The Balaban J connectivity index is 1.89. The van der Waals surface area contributed by atoms with Crippen LogP contribution in [0.5, 0.6) is 0 Å². The summed E-state index contributed by atoms with van der Waals surface area (Å²) in [5, 5.41) is 2.56. The Bertz CT molecular complexity index is 739. The van der Waals surface area contributed by atoms with E-state index in [2.05, 4.69) is 5.32 Å². The van der Waals surface area contributed by atoms with Gasteiger partial charge >= 0.3 is 5.97 Å². The molecular formula is C17H16N2O4. The molecule has 118 valence electrons. The molecule has 0 aliphatic carbocycles. The van der Waals surface area contributed by atoms with E-state index in [1.54, 1.807) is 37.3 Å². The Morgan fingerprint density at radius 1 is 1.04 bits per heavy atom. The standard InChI is InChI=1S/C17H16N2O4/c1-11-4-2-3-5-14(11)17(22)23-10-15(20)19-13-8-6-12(7-9-13)16(18)21/h2-9H,10H2,1H3,(H2,18,21)(H,19,20). The van der Waals surface area contributed by atoms with Gasteiger partial charge in [-0.25, -0.2) is 4.79 Å². The zero-order chi connectivity index (χ0) is 16.8. The number of ether oxygens (including phenoxy) is 1. The minimum absolute atomic E-state index is 0.342. The first kappa shape index (κ1) is 16.2. The van der Waals surface area contributed by atoms with Gasteiger partial charge in [0, 0.05) is 11.3 Å². The Hall–Kier alpha value is -3.15. The molecule has 6 heteroatoms. The molecule has 0 radical (unpaired) electrons. The molecule has 0 atom stereocenters. The number of anilines is 1. The molecule has 0 bridgehead atoms. The Morgan fingerprint density at radius 2 is 1.70 bits per heavy atom. The highest BCUT2D eigenvalue weighted by Crippen LogP contribution is 2.10. The summed E-state index contributed by atoms with van der Waals surface area (Å²) in [6, 6.07) is 13.0. The van der Waals surface area contributed by atoms with Crippen LogP contribution in [-0.4, -0.2) is 24.4 Å². The second kappa shape index (κ2) is 7.22. The molecule has 0 fully saturated rings. The van der Waals surface area contributed by atoms with Crippen molar-refractivity contribution in [3.63, 3.8) is 0 Å². The number of carbonyl (C=O) groups excluding carboxylic acids is 3. The van der Waals surface area contributed by atoms with Gasteiger partial charge in [0.1, 0.15) is 0 Å². The summed E-state index contributed by atoms with van der Waals surface area (Å²) in [5.74, 6) is -1.57. The van der Waals surface area contributed by atoms with E-state index in [1.807, 2.05) is 6.07 Å². The summed E-state index contributed by atoms with van der Waals surface area (Å²) in [7, 11) is 0. The SMILES string of the molecule is Cc1ccccc1C(=O)OCC(=O)Nc1ccc(C(N)=O)cc1. The normalized spacial score (nSPS) is 9.96. The number of rotatable bonds is 5. The average molecular weight is 312 g/mol. The number of hydrogen-bond donors (Lipinski definition) is 2. The molecule has 0 aliphatic rings. The minimum atomic E-state index is -0.553. The van der Waals surface area contributed by atoms with Crippen LogP contribution in [0.1, 0.15) is 26.3 Å². The fraction of sp³-hybridized carbons (Fsp3) is 0.118. The largest absolute Gasteiger partial charge is 0.452 e. The molecule has 2 rings (SSSR count). The van der Waals surface area contributed by atoms with Crippen molar-refractivity contribution < 1.29 is 19.1 Å². The Morgan fingerprint density at radius 3 is 2.30 bits per heavy atom. The predicted octanol–water partition coefficient (Wildman–Crippen LogP) is 1.89. The van der Waals surface area contributed by atoms with Gasteiger partial charge < -0.3 is 15.8 Å². The second-order valence-electron chi connectivity index (χ2n) is 4.88. The third kappa shape index (κ3) is 4.41. The molecule has 0 aromatic heterocycles. The lowest BCUT2D eigenvalue weighted by Gasteiger charge is -2.08. The molecule has 0 saturated carbocycles. The van der Waals surface area contributed by atoms with E-state index >= 15 is 0 Å². The van der Waals surface area contributed by atoms with Gasteiger partial charge in [-0.2, -0.15) is 0 Å². The van der Waals surface area contributed by atoms with E-state index < -0.39 is 24.4 Å². The fourth-order valence-electron chi connectivity index (χ4n) is 1.93. The summed E-state index contributed by atoms with van der Waals surface area (Å²) in [4.78, 5) is 34.6. The van der Waals surface area contributed by atoms with Crippen LogP contribution in [0.3, 0.4) is 0 Å². The maximum absolute atomic E-state index is 11.9. The van der Waals surface area contributed by atoms with Crippen molar-refractivity contribution in [2.75, 3.05) is 11.9 Å². The maximum atomic E-state index is 11.9. The number of aryl methyl sites for hydroxylation is 1. The van der Waals surface area contributed by atoms with Gasteiger partial charge in [0.05, 0.1) is 5.56 Å². The van der Waals surface area contributed by atoms with Crippen molar-refractivity contribution in [1.82, 2.24) is 0 Å². The van der Waals surface area contributed by atoms with E-state index in [-0.39, 0.29) is 0 Å². The smallest absolute Gasteiger partial charge is 0.338 e. The first-order valence-corrected chi connectivity index (χ1v) is 6.90. The van der Waals surface area contributed by atoms with Crippen LogP contribution >= 0.6 is 0 Å². The quantitative estimate of drug-likeness (QED) is 0.824. The molecule has 2 aromatic rings. The molecule has 2 aromatic carbocycles. The van der Waals surface area contributed by atoms with Crippen molar-refractivity contribution in [2.24, 2.45) is 5.73 Å².